The molecule has 2 rings (SSSR count). The molecule has 1 aromatic rings. The fraction of sp³-hybridized carbons (Fsp3) is 0.533. The number of halogens is 1. The largest absolute Gasteiger partial charge is 0.493 e. The van der Waals surface area contributed by atoms with Crippen LogP contribution in [0.3, 0.4) is 0 Å². The lowest BCUT2D eigenvalue weighted by atomic mass is 10.1. The lowest BCUT2D eigenvalue weighted by molar-refractivity contribution is -0.150. The molecule has 0 saturated heterocycles. The van der Waals surface area contributed by atoms with E-state index < -0.39 is 12.1 Å². The molecule has 1 saturated carbocycles. The Bertz CT molecular complexity index is 511. The molecule has 1 aliphatic rings. The average molecular weight is 315 g/mol. The molecule has 0 aromatic heterocycles. The molecular formula is C15H19ClO5. The summed E-state index contributed by atoms with van der Waals surface area (Å²) in [7, 11) is 2.70. The summed E-state index contributed by atoms with van der Waals surface area (Å²) < 4.78 is 15.8. The van der Waals surface area contributed by atoms with Gasteiger partial charge in [-0.15, -0.1) is 0 Å². The zero-order valence-electron chi connectivity index (χ0n) is 12.1. The molecule has 1 fully saturated rings. The number of benzene rings is 1. The van der Waals surface area contributed by atoms with Gasteiger partial charge in [-0.2, -0.15) is 0 Å². The molecule has 0 bridgehead atoms. The highest BCUT2D eigenvalue weighted by molar-refractivity contribution is 6.32. The monoisotopic (exact) mass is 314 g/mol. The summed E-state index contributed by atoms with van der Waals surface area (Å²) in [6.07, 6.45) is 2.60. The van der Waals surface area contributed by atoms with Gasteiger partial charge in [0.2, 0.25) is 0 Å². The SMILES string of the molecule is COC(=O)C(O)c1c(Cl)ccc(OC)c1OC1CCCC1. The summed E-state index contributed by atoms with van der Waals surface area (Å²) in [4.78, 5) is 11.6. The van der Waals surface area contributed by atoms with Gasteiger partial charge >= 0.3 is 5.97 Å². The van der Waals surface area contributed by atoms with Gasteiger partial charge < -0.3 is 19.3 Å². The molecule has 1 atom stereocenters. The maximum atomic E-state index is 11.6. The van der Waals surface area contributed by atoms with Crippen LogP contribution < -0.4 is 9.47 Å². The highest BCUT2D eigenvalue weighted by Gasteiger charge is 2.29. The van der Waals surface area contributed by atoms with E-state index in [2.05, 4.69) is 4.74 Å². The van der Waals surface area contributed by atoms with E-state index in [-0.39, 0.29) is 16.7 Å². The lowest BCUT2D eigenvalue weighted by Crippen LogP contribution is -2.18. The van der Waals surface area contributed by atoms with Gasteiger partial charge in [-0.25, -0.2) is 4.79 Å². The van der Waals surface area contributed by atoms with Crippen LogP contribution in [0.5, 0.6) is 11.5 Å². The van der Waals surface area contributed by atoms with Gasteiger partial charge in [0, 0.05) is 0 Å². The number of aliphatic hydroxyl groups excluding tert-OH is 1. The predicted octanol–water partition coefficient (Wildman–Crippen LogP) is 2.88. The van der Waals surface area contributed by atoms with Crippen molar-refractivity contribution in [2.75, 3.05) is 14.2 Å². The van der Waals surface area contributed by atoms with Crippen molar-refractivity contribution in [2.45, 2.75) is 37.9 Å². The summed E-state index contributed by atoms with van der Waals surface area (Å²) >= 11 is 6.14. The number of esters is 1. The Hall–Kier alpha value is -1.46. The fourth-order valence-electron chi connectivity index (χ4n) is 2.49. The minimum atomic E-state index is -1.51. The first-order valence-electron chi connectivity index (χ1n) is 6.87. The van der Waals surface area contributed by atoms with Crippen molar-refractivity contribution in [2.24, 2.45) is 0 Å². The zero-order chi connectivity index (χ0) is 15.4. The van der Waals surface area contributed by atoms with Crippen molar-refractivity contribution in [1.82, 2.24) is 0 Å². The Morgan fingerprint density at radius 2 is 2.00 bits per heavy atom. The van der Waals surface area contributed by atoms with E-state index in [0.29, 0.717) is 11.5 Å². The number of hydrogen-bond acceptors (Lipinski definition) is 5. The molecule has 0 radical (unpaired) electrons. The molecular weight excluding hydrogens is 296 g/mol. The average Bonchev–Trinajstić information content (AvgIpc) is 2.99. The quantitative estimate of drug-likeness (QED) is 0.847. The standard InChI is InChI=1S/C15H19ClO5/c1-19-11-8-7-10(16)12(13(17)15(18)20-2)14(11)21-9-5-3-4-6-9/h7-9,13,17H,3-6H2,1-2H3. The summed E-state index contributed by atoms with van der Waals surface area (Å²) in [6.45, 7) is 0. The third-order valence-corrected chi connectivity index (χ3v) is 3.94. The maximum absolute atomic E-state index is 11.6. The fourth-order valence-corrected chi connectivity index (χ4v) is 2.75. The van der Waals surface area contributed by atoms with Gasteiger partial charge in [-0.1, -0.05) is 11.6 Å². The lowest BCUT2D eigenvalue weighted by Gasteiger charge is -2.21. The molecule has 5 nitrogen and oxygen atoms in total. The number of hydrogen-bond donors (Lipinski definition) is 1. The van der Waals surface area contributed by atoms with Crippen molar-refractivity contribution >= 4 is 17.6 Å². The molecule has 0 aliphatic heterocycles. The Morgan fingerprint density at radius 3 is 2.57 bits per heavy atom. The normalized spacial score (nSPS) is 16.6. The number of carbonyl (C=O) groups excluding carboxylic acids is 1. The highest BCUT2D eigenvalue weighted by Crippen LogP contribution is 2.42. The van der Waals surface area contributed by atoms with E-state index in [4.69, 9.17) is 21.1 Å². The van der Waals surface area contributed by atoms with E-state index in [0.717, 1.165) is 25.7 Å². The van der Waals surface area contributed by atoms with Crippen molar-refractivity contribution < 1.29 is 24.1 Å². The van der Waals surface area contributed by atoms with Gasteiger partial charge in [-0.05, 0) is 37.8 Å². The minimum Gasteiger partial charge on any atom is -0.493 e. The van der Waals surface area contributed by atoms with Crippen LogP contribution in [0.1, 0.15) is 37.4 Å². The Labute approximate surface area is 128 Å². The second kappa shape index (κ2) is 7.00. The second-order valence-electron chi connectivity index (χ2n) is 4.94. The molecule has 1 aromatic carbocycles. The molecule has 116 valence electrons. The molecule has 1 N–H and O–H groups in total. The summed E-state index contributed by atoms with van der Waals surface area (Å²) in [5, 5.41) is 10.4. The third kappa shape index (κ3) is 3.41. The number of aliphatic hydroxyl groups is 1. The first-order valence-corrected chi connectivity index (χ1v) is 7.25. The first-order chi connectivity index (χ1) is 10.1. The number of rotatable bonds is 5. The number of carbonyl (C=O) groups is 1. The van der Waals surface area contributed by atoms with Gasteiger partial charge in [0.25, 0.3) is 0 Å². The van der Waals surface area contributed by atoms with Crippen LogP contribution in [0.4, 0.5) is 0 Å². The third-order valence-electron chi connectivity index (χ3n) is 3.61. The Morgan fingerprint density at radius 1 is 1.33 bits per heavy atom. The van der Waals surface area contributed by atoms with Crippen LogP contribution in [-0.2, 0) is 9.53 Å². The number of methoxy groups -OCH3 is 2. The van der Waals surface area contributed by atoms with Crippen molar-refractivity contribution in [1.29, 1.82) is 0 Å². The van der Waals surface area contributed by atoms with Gasteiger partial charge in [0.1, 0.15) is 0 Å². The second-order valence-corrected chi connectivity index (χ2v) is 5.35. The predicted molar refractivity (Wildman–Crippen MR) is 77.9 cm³/mol. The van der Waals surface area contributed by atoms with Gasteiger partial charge in [0.05, 0.1) is 30.9 Å². The summed E-state index contributed by atoms with van der Waals surface area (Å²) in [6, 6.07) is 3.21. The van der Waals surface area contributed by atoms with E-state index >= 15 is 0 Å². The van der Waals surface area contributed by atoms with E-state index in [9.17, 15) is 9.90 Å². The van der Waals surface area contributed by atoms with Crippen molar-refractivity contribution in [3.05, 3.63) is 22.7 Å². The molecule has 1 aliphatic carbocycles. The van der Waals surface area contributed by atoms with Crippen LogP contribution in [0.2, 0.25) is 5.02 Å². The summed E-state index contributed by atoms with van der Waals surface area (Å²) in [5.41, 5.74) is 0.190. The molecule has 1 unspecified atom stereocenters. The van der Waals surface area contributed by atoms with Crippen LogP contribution in [0.15, 0.2) is 12.1 Å². The highest BCUT2D eigenvalue weighted by atomic mass is 35.5. The van der Waals surface area contributed by atoms with Crippen LogP contribution in [0, 0.1) is 0 Å². The van der Waals surface area contributed by atoms with E-state index in [1.807, 2.05) is 0 Å². The van der Waals surface area contributed by atoms with Crippen LogP contribution in [-0.4, -0.2) is 31.4 Å². The summed E-state index contributed by atoms with van der Waals surface area (Å²) in [5.74, 6) is -0.0412. The zero-order valence-corrected chi connectivity index (χ0v) is 12.9. The Kier molecular flexibility index (Phi) is 5.31. The van der Waals surface area contributed by atoms with Crippen molar-refractivity contribution in [3.8, 4) is 11.5 Å². The van der Waals surface area contributed by atoms with E-state index in [1.165, 1.54) is 14.2 Å². The van der Waals surface area contributed by atoms with Crippen LogP contribution >= 0.6 is 11.6 Å². The minimum absolute atomic E-state index is 0.0426. The van der Waals surface area contributed by atoms with E-state index in [1.54, 1.807) is 12.1 Å². The molecule has 6 heteroatoms. The van der Waals surface area contributed by atoms with Gasteiger partial charge in [-0.3, -0.25) is 0 Å². The molecule has 21 heavy (non-hydrogen) atoms. The number of ether oxygens (including phenoxy) is 3. The Balaban J connectivity index is 2.42. The maximum Gasteiger partial charge on any atom is 0.339 e. The molecule has 0 amide bonds. The van der Waals surface area contributed by atoms with Crippen molar-refractivity contribution in [3.63, 3.8) is 0 Å². The molecule has 0 spiro atoms. The smallest absolute Gasteiger partial charge is 0.339 e. The first kappa shape index (κ1) is 15.9. The van der Waals surface area contributed by atoms with Crippen LogP contribution in [0.25, 0.3) is 0 Å². The topological polar surface area (TPSA) is 65.0 Å². The molecule has 0 heterocycles. The van der Waals surface area contributed by atoms with Gasteiger partial charge in [0.15, 0.2) is 17.6 Å².